The SMILES string of the molecule is NC(=S)c1cccc2c1ccn2CC1CC2CCC1C2. The highest BCUT2D eigenvalue weighted by atomic mass is 32.1. The first-order chi connectivity index (χ1) is 9.72. The van der Waals surface area contributed by atoms with Crippen LogP contribution in [0.15, 0.2) is 30.5 Å². The average molecular weight is 284 g/mol. The summed E-state index contributed by atoms with van der Waals surface area (Å²) in [5, 5.41) is 1.20. The summed E-state index contributed by atoms with van der Waals surface area (Å²) in [5.74, 6) is 2.85. The molecule has 2 fully saturated rings. The first-order valence-electron chi connectivity index (χ1n) is 7.60. The van der Waals surface area contributed by atoms with Crippen LogP contribution in [0, 0.1) is 17.8 Å². The number of hydrogen-bond donors (Lipinski definition) is 1. The Kier molecular flexibility index (Phi) is 2.84. The van der Waals surface area contributed by atoms with Gasteiger partial charge in [0.25, 0.3) is 0 Å². The largest absolute Gasteiger partial charge is 0.389 e. The number of nitrogens with zero attached hydrogens (tertiary/aromatic N) is 1. The van der Waals surface area contributed by atoms with E-state index in [0.717, 1.165) is 29.9 Å². The third kappa shape index (κ3) is 1.87. The minimum atomic E-state index is 0.494. The van der Waals surface area contributed by atoms with E-state index >= 15 is 0 Å². The van der Waals surface area contributed by atoms with Crippen molar-refractivity contribution in [1.29, 1.82) is 0 Å². The van der Waals surface area contributed by atoms with Crippen molar-refractivity contribution in [2.45, 2.75) is 32.2 Å². The number of hydrogen-bond acceptors (Lipinski definition) is 1. The second-order valence-electron chi connectivity index (χ2n) is 6.51. The lowest BCUT2D eigenvalue weighted by atomic mass is 9.89. The maximum atomic E-state index is 5.82. The zero-order valence-corrected chi connectivity index (χ0v) is 12.4. The Morgan fingerprint density at radius 1 is 1.25 bits per heavy atom. The molecule has 2 bridgehead atoms. The zero-order valence-electron chi connectivity index (χ0n) is 11.6. The van der Waals surface area contributed by atoms with Crippen LogP contribution in [-0.4, -0.2) is 9.56 Å². The summed E-state index contributed by atoms with van der Waals surface area (Å²) in [7, 11) is 0. The molecule has 3 atom stereocenters. The van der Waals surface area contributed by atoms with Gasteiger partial charge in [0.05, 0.1) is 0 Å². The van der Waals surface area contributed by atoms with Crippen molar-refractivity contribution in [2.24, 2.45) is 23.5 Å². The lowest BCUT2D eigenvalue weighted by Gasteiger charge is -2.22. The number of nitrogens with two attached hydrogens (primary N) is 1. The van der Waals surface area contributed by atoms with Crippen LogP contribution < -0.4 is 5.73 Å². The van der Waals surface area contributed by atoms with Gasteiger partial charge in [-0.3, -0.25) is 0 Å². The van der Waals surface area contributed by atoms with Crippen LogP contribution in [-0.2, 0) is 6.54 Å². The number of thiocarbonyl (C=S) groups is 1. The van der Waals surface area contributed by atoms with Gasteiger partial charge in [0.2, 0.25) is 0 Å². The third-order valence-corrected chi connectivity index (χ3v) is 5.61. The minimum Gasteiger partial charge on any atom is -0.389 e. The lowest BCUT2D eigenvalue weighted by Crippen LogP contribution is -2.16. The Morgan fingerprint density at radius 3 is 2.85 bits per heavy atom. The molecule has 1 aromatic heterocycles. The Bertz CT molecular complexity index is 673. The molecule has 0 saturated heterocycles. The Hall–Kier alpha value is -1.35. The molecule has 2 aliphatic carbocycles. The average Bonchev–Trinajstić information content (AvgIpc) is 3.14. The molecule has 2 aromatic rings. The molecule has 0 radical (unpaired) electrons. The fourth-order valence-corrected chi connectivity index (χ4v) is 4.63. The highest BCUT2D eigenvalue weighted by molar-refractivity contribution is 7.80. The van der Waals surface area contributed by atoms with Gasteiger partial charge in [-0.25, -0.2) is 0 Å². The molecular formula is C17H20N2S. The predicted octanol–water partition coefficient (Wildman–Crippen LogP) is 3.71. The molecule has 0 spiro atoms. The van der Waals surface area contributed by atoms with Gasteiger partial charge in [-0.1, -0.05) is 30.8 Å². The second-order valence-corrected chi connectivity index (χ2v) is 6.95. The van der Waals surface area contributed by atoms with Crippen molar-refractivity contribution in [3.8, 4) is 0 Å². The van der Waals surface area contributed by atoms with Crippen LogP contribution in [0.1, 0.15) is 31.2 Å². The Morgan fingerprint density at radius 2 is 2.15 bits per heavy atom. The number of aromatic nitrogens is 1. The number of fused-ring (bicyclic) bond motifs is 3. The van der Waals surface area contributed by atoms with Crippen LogP contribution in [0.25, 0.3) is 10.9 Å². The van der Waals surface area contributed by atoms with Crippen LogP contribution in [0.5, 0.6) is 0 Å². The molecule has 3 heteroatoms. The molecule has 1 aromatic carbocycles. The van der Waals surface area contributed by atoms with Gasteiger partial charge in [0.1, 0.15) is 4.99 Å². The summed E-state index contributed by atoms with van der Waals surface area (Å²) in [6.07, 6.45) is 8.03. The molecule has 3 unspecified atom stereocenters. The van der Waals surface area contributed by atoms with Crippen molar-refractivity contribution >= 4 is 28.1 Å². The van der Waals surface area contributed by atoms with Gasteiger partial charge in [-0.05, 0) is 49.1 Å². The van der Waals surface area contributed by atoms with E-state index in [2.05, 4.69) is 29.0 Å². The van der Waals surface area contributed by atoms with E-state index in [1.807, 2.05) is 6.07 Å². The standard InChI is InChI=1S/C17H20N2S/c18-17(20)15-2-1-3-16-14(15)6-7-19(16)10-13-9-11-4-5-12(13)8-11/h1-3,6-7,11-13H,4-5,8-10H2,(H2,18,20). The zero-order chi connectivity index (χ0) is 13.7. The van der Waals surface area contributed by atoms with E-state index < -0.39 is 0 Å². The summed E-state index contributed by atoms with van der Waals surface area (Å²) in [5.41, 5.74) is 8.10. The summed E-state index contributed by atoms with van der Waals surface area (Å²) in [6, 6.07) is 8.43. The van der Waals surface area contributed by atoms with Crippen molar-refractivity contribution < 1.29 is 0 Å². The molecule has 4 rings (SSSR count). The highest BCUT2D eigenvalue weighted by Gasteiger charge is 2.39. The third-order valence-electron chi connectivity index (χ3n) is 5.39. The van der Waals surface area contributed by atoms with Gasteiger partial charge < -0.3 is 10.3 Å². The summed E-state index contributed by atoms with van der Waals surface area (Å²) >= 11 is 5.15. The van der Waals surface area contributed by atoms with E-state index in [1.54, 1.807) is 0 Å². The monoisotopic (exact) mass is 284 g/mol. The fourth-order valence-electron chi connectivity index (χ4n) is 4.45. The number of benzene rings is 1. The summed E-state index contributed by atoms with van der Waals surface area (Å²) < 4.78 is 2.41. The topological polar surface area (TPSA) is 30.9 Å². The summed E-state index contributed by atoms with van der Waals surface area (Å²) in [6.45, 7) is 1.16. The predicted molar refractivity (Wildman–Crippen MR) is 86.8 cm³/mol. The van der Waals surface area contributed by atoms with Gasteiger partial charge in [-0.2, -0.15) is 0 Å². The molecule has 20 heavy (non-hydrogen) atoms. The van der Waals surface area contributed by atoms with E-state index in [-0.39, 0.29) is 0 Å². The van der Waals surface area contributed by atoms with Gasteiger partial charge in [-0.15, -0.1) is 0 Å². The highest BCUT2D eigenvalue weighted by Crippen LogP contribution is 2.49. The molecule has 104 valence electrons. The molecule has 2 saturated carbocycles. The van der Waals surface area contributed by atoms with Gasteiger partial charge in [0.15, 0.2) is 0 Å². The first kappa shape index (κ1) is 12.4. The molecule has 1 heterocycles. The second kappa shape index (κ2) is 4.59. The Labute approximate surface area is 125 Å². The van der Waals surface area contributed by atoms with Gasteiger partial charge >= 0.3 is 0 Å². The van der Waals surface area contributed by atoms with E-state index in [4.69, 9.17) is 18.0 Å². The molecule has 0 aliphatic heterocycles. The molecule has 0 amide bonds. The molecule has 2 nitrogen and oxygen atoms in total. The van der Waals surface area contributed by atoms with Crippen molar-refractivity contribution in [3.63, 3.8) is 0 Å². The van der Waals surface area contributed by atoms with Crippen molar-refractivity contribution in [2.75, 3.05) is 0 Å². The lowest BCUT2D eigenvalue weighted by molar-refractivity contribution is 0.299. The van der Waals surface area contributed by atoms with Crippen LogP contribution in [0.2, 0.25) is 0 Å². The Balaban J connectivity index is 1.67. The number of rotatable bonds is 3. The van der Waals surface area contributed by atoms with Crippen LogP contribution >= 0.6 is 12.2 Å². The first-order valence-corrected chi connectivity index (χ1v) is 8.01. The maximum Gasteiger partial charge on any atom is 0.104 e. The maximum absolute atomic E-state index is 5.82. The molecular weight excluding hydrogens is 264 g/mol. The molecule has 2 N–H and O–H groups in total. The van der Waals surface area contributed by atoms with E-state index in [0.29, 0.717) is 4.99 Å². The van der Waals surface area contributed by atoms with Crippen molar-refractivity contribution in [1.82, 2.24) is 4.57 Å². The minimum absolute atomic E-state index is 0.494. The van der Waals surface area contributed by atoms with Crippen LogP contribution in [0.3, 0.4) is 0 Å². The quantitative estimate of drug-likeness (QED) is 0.871. The smallest absolute Gasteiger partial charge is 0.104 e. The van der Waals surface area contributed by atoms with E-state index in [9.17, 15) is 0 Å². The van der Waals surface area contributed by atoms with Crippen molar-refractivity contribution in [3.05, 3.63) is 36.0 Å². The normalized spacial score (nSPS) is 28.3. The summed E-state index contributed by atoms with van der Waals surface area (Å²) in [4.78, 5) is 0.494. The fraction of sp³-hybridized carbons (Fsp3) is 0.471. The van der Waals surface area contributed by atoms with Gasteiger partial charge in [0, 0.05) is 29.2 Å². The van der Waals surface area contributed by atoms with Crippen LogP contribution in [0.4, 0.5) is 0 Å². The van der Waals surface area contributed by atoms with E-state index in [1.165, 1.54) is 36.6 Å². The molecule has 2 aliphatic rings.